The number of pyridine rings is 1. The van der Waals surface area contributed by atoms with Gasteiger partial charge in [0.25, 0.3) is 0 Å². The smallest absolute Gasteiger partial charge is 0.397 e. The van der Waals surface area contributed by atoms with Crippen molar-refractivity contribution in [1.82, 2.24) is 4.98 Å². The molecule has 0 spiro atoms. The minimum atomic E-state index is -4.42. The molecule has 0 unspecified atom stereocenters. The molecule has 0 aromatic carbocycles. The van der Waals surface area contributed by atoms with E-state index in [1.807, 2.05) is 13.8 Å². The van der Waals surface area contributed by atoms with Crippen LogP contribution in [0.2, 0.25) is 0 Å². The molecule has 2 N–H and O–H groups in total. The summed E-state index contributed by atoms with van der Waals surface area (Å²) in [5.41, 5.74) is 4.96. The Morgan fingerprint density at radius 3 is 2.56 bits per heavy atom. The Kier molecular flexibility index (Phi) is 4.07. The summed E-state index contributed by atoms with van der Waals surface area (Å²) >= 11 is 1.32. The third-order valence-electron chi connectivity index (χ3n) is 1.76. The number of nitrogens with zero attached hydrogens (tertiary/aromatic N) is 1. The summed E-state index contributed by atoms with van der Waals surface area (Å²) < 4.78 is 37.2. The molecule has 0 atom stereocenters. The van der Waals surface area contributed by atoms with Crippen LogP contribution in [-0.4, -0.2) is 10.7 Å². The Bertz CT molecular complexity index is 364. The number of thioether (sulfide) groups is 1. The summed E-state index contributed by atoms with van der Waals surface area (Å²) in [6.45, 7) is 3.99. The molecule has 0 bridgehead atoms. The van der Waals surface area contributed by atoms with Crippen molar-refractivity contribution in [3.05, 3.63) is 18.0 Å². The maximum atomic E-state index is 12.4. The molecule has 0 aliphatic carbocycles. The number of alkyl halides is 3. The fourth-order valence-electron chi connectivity index (χ4n) is 0.984. The fourth-order valence-corrected chi connectivity index (χ4v) is 1.91. The highest BCUT2D eigenvalue weighted by molar-refractivity contribution is 7.99. The summed E-state index contributed by atoms with van der Waals surface area (Å²) in [7, 11) is 0. The van der Waals surface area contributed by atoms with Gasteiger partial charge in [0.05, 0.1) is 11.9 Å². The first-order valence-electron chi connectivity index (χ1n) is 4.76. The van der Waals surface area contributed by atoms with E-state index >= 15 is 0 Å². The van der Waals surface area contributed by atoms with Gasteiger partial charge in [-0.15, -0.1) is 11.8 Å². The van der Waals surface area contributed by atoms with E-state index in [4.69, 9.17) is 5.73 Å². The number of nitrogens with two attached hydrogens (primary N) is 1. The van der Waals surface area contributed by atoms with Crippen LogP contribution in [0.5, 0.6) is 0 Å². The van der Waals surface area contributed by atoms with E-state index in [0.717, 1.165) is 18.0 Å². The van der Waals surface area contributed by atoms with Crippen LogP contribution < -0.4 is 5.73 Å². The zero-order valence-corrected chi connectivity index (χ0v) is 9.82. The predicted octanol–water partition coefficient (Wildman–Crippen LogP) is 3.43. The van der Waals surface area contributed by atoms with Crippen LogP contribution in [-0.2, 0) is 6.18 Å². The van der Waals surface area contributed by atoms with E-state index in [1.165, 1.54) is 11.8 Å². The van der Waals surface area contributed by atoms with Crippen LogP contribution in [0.3, 0.4) is 0 Å². The lowest BCUT2D eigenvalue weighted by Gasteiger charge is -2.10. The molecule has 1 aromatic rings. The summed E-state index contributed by atoms with van der Waals surface area (Å²) in [6.07, 6.45) is -3.35. The monoisotopic (exact) mass is 250 g/mol. The fraction of sp³-hybridized carbons (Fsp3) is 0.500. The minimum Gasteiger partial charge on any atom is -0.397 e. The van der Waals surface area contributed by atoms with Gasteiger partial charge in [-0.3, -0.25) is 0 Å². The van der Waals surface area contributed by atoms with Gasteiger partial charge in [0, 0.05) is 10.6 Å². The molecular weight excluding hydrogens is 237 g/mol. The maximum absolute atomic E-state index is 12.4. The van der Waals surface area contributed by atoms with E-state index in [1.54, 1.807) is 0 Å². The lowest BCUT2D eigenvalue weighted by atomic mass is 10.3. The number of anilines is 1. The van der Waals surface area contributed by atoms with E-state index < -0.39 is 11.9 Å². The normalized spacial score (nSPS) is 12.1. The Hall–Kier alpha value is -0.910. The molecule has 6 heteroatoms. The Balaban J connectivity index is 2.91. The summed E-state index contributed by atoms with van der Waals surface area (Å²) in [5.74, 6) is 1.12. The average molecular weight is 250 g/mol. The molecule has 0 aliphatic heterocycles. The first-order chi connectivity index (χ1) is 7.30. The number of nitrogen functional groups attached to an aromatic ring is 1. The van der Waals surface area contributed by atoms with Crippen molar-refractivity contribution in [2.75, 3.05) is 11.5 Å². The van der Waals surface area contributed by atoms with Crippen molar-refractivity contribution < 1.29 is 13.2 Å². The van der Waals surface area contributed by atoms with Crippen molar-refractivity contribution in [3.63, 3.8) is 0 Å². The Morgan fingerprint density at radius 1 is 1.44 bits per heavy atom. The zero-order valence-electron chi connectivity index (χ0n) is 9.01. The summed E-state index contributed by atoms with van der Waals surface area (Å²) in [5, 5.41) is 0. The van der Waals surface area contributed by atoms with E-state index in [0.29, 0.717) is 16.5 Å². The van der Waals surface area contributed by atoms with Gasteiger partial charge in [0.1, 0.15) is 5.69 Å². The molecule has 16 heavy (non-hydrogen) atoms. The molecule has 0 radical (unpaired) electrons. The molecule has 0 saturated heterocycles. The zero-order chi connectivity index (χ0) is 12.3. The number of halogens is 3. The highest BCUT2D eigenvalue weighted by Crippen LogP contribution is 2.33. The quantitative estimate of drug-likeness (QED) is 0.835. The molecule has 0 saturated carbocycles. The highest BCUT2D eigenvalue weighted by Gasteiger charge is 2.32. The van der Waals surface area contributed by atoms with Gasteiger partial charge in [-0.05, 0) is 12.0 Å². The second-order valence-electron chi connectivity index (χ2n) is 3.81. The van der Waals surface area contributed by atoms with Gasteiger partial charge in [-0.2, -0.15) is 13.2 Å². The molecule has 1 aromatic heterocycles. The van der Waals surface area contributed by atoms with Gasteiger partial charge in [0.15, 0.2) is 0 Å². The Labute approximate surface area is 96.4 Å². The lowest BCUT2D eigenvalue weighted by Crippen LogP contribution is -2.08. The molecule has 1 heterocycles. The first-order valence-corrected chi connectivity index (χ1v) is 5.74. The SMILES string of the molecule is CC(C)CSc1cc(C(F)(F)F)ncc1N. The number of hydrogen-bond acceptors (Lipinski definition) is 3. The van der Waals surface area contributed by atoms with Crippen LogP contribution in [0.1, 0.15) is 19.5 Å². The van der Waals surface area contributed by atoms with Crippen molar-refractivity contribution in [1.29, 1.82) is 0 Å². The number of hydrogen-bond donors (Lipinski definition) is 1. The van der Waals surface area contributed by atoms with Crippen LogP contribution in [0.4, 0.5) is 18.9 Å². The standard InChI is InChI=1S/C10H13F3N2S/c1-6(2)5-16-8-3-9(10(11,12)13)15-4-7(8)14/h3-4,6H,5,14H2,1-2H3. The summed E-state index contributed by atoms with van der Waals surface area (Å²) in [4.78, 5) is 3.71. The molecule has 90 valence electrons. The van der Waals surface area contributed by atoms with Crippen LogP contribution in [0.25, 0.3) is 0 Å². The van der Waals surface area contributed by atoms with Crippen LogP contribution in [0.15, 0.2) is 17.2 Å². The third kappa shape index (κ3) is 3.59. The second kappa shape index (κ2) is 4.95. The maximum Gasteiger partial charge on any atom is 0.433 e. The van der Waals surface area contributed by atoms with Crippen molar-refractivity contribution >= 4 is 17.4 Å². The molecular formula is C10H13F3N2S. The van der Waals surface area contributed by atoms with Gasteiger partial charge in [-0.1, -0.05) is 13.8 Å². The number of aromatic nitrogens is 1. The lowest BCUT2D eigenvalue weighted by molar-refractivity contribution is -0.141. The average Bonchev–Trinajstić information content (AvgIpc) is 2.14. The first kappa shape index (κ1) is 13.2. The summed E-state index contributed by atoms with van der Waals surface area (Å²) in [6, 6.07) is 1.00. The largest absolute Gasteiger partial charge is 0.433 e. The van der Waals surface area contributed by atoms with Gasteiger partial charge in [-0.25, -0.2) is 4.98 Å². The number of rotatable bonds is 3. The second-order valence-corrected chi connectivity index (χ2v) is 4.87. The van der Waals surface area contributed by atoms with Gasteiger partial charge < -0.3 is 5.73 Å². The van der Waals surface area contributed by atoms with Gasteiger partial charge >= 0.3 is 6.18 Å². The van der Waals surface area contributed by atoms with Crippen molar-refractivity contribution in [2.24, 2.45) is 5.92 Å². The minimum absolute atomic E-state index is 0.290. The molecule has 0 fully saturated rings. The van der Waals surface area contributed by atoms with Crippen molar-refractivity contribution in [2.45, 2.75) is 24.9 Å². The molecule has 1 rings (SSSR count). The highest BCUT2D eigenvalue weighted by atomic mass is 32.2. The van der Waals surface area contributed by atoms with Gasteiger partial charge in [0.2, 0.25) is 0 Å². The van der Waals surface area contributed by atoms with E-state index in [9.17, 15) is 13.2 Å². The topological polar surface area (TPSA) is 38.9 Å². The van der Waals surface area contributed by atoms with Crippen molar-refractivity contribution in [3.8, 4) is 0 Å². The van der Waals surface area contributed by atoms with Crippen LogP contribution >= 0.6 is 11.8 Å². The van der Waals surface area contributed by atoms with E-state index in [-0.39, 0.29) is 0 Å². The van der Waals surface area contributed by atoms with Crippen LogP contribution in [0, 0.1) is 5.92 Å². The molecule has 2 nitrogen and oxygen atoms in total. The third-order valence-corrected chi connectivity index (χ3v) is 3.26. The molecule has 0 aliphatic rings. The Morgan fingerprint density at radius 2 is 2.06 bits per heavy atom. The molecule has 0 amide bonds. The van der Waals surface area contributed by atoms with E-state index in [2.05, 4.69) is 4.98 Å². The predicted molar refractivity (Wildman–Crippen MR) is 59.2 cm³/mol.